The number of hydrogen-bond donors (Lipinski definition) is 3. The van der Waals surface area contributed by atoms with Crippen molar-refractivity contribution in [3.8, 4) is 0 Å². The Morgan fingerprint density at radius 2 is 1.97 bits per heavy atom. The molecule has 29 heavy (non-hydrogen) atoms. The van der Waals surface area contributed by atoms with Gasteiger partial charge in [0.25, 0.3) is 0 Å². The molecule has 1 aliphatic heterocycles. The number of likely N-dealkylation sites (tertiary alicyclic amines) is 1. The minimum atomic E-state index is -0.220. The number of urea groups is 1. The highest BCUT2D eigenvalue weighted by Gasteiger charge is 2.28. The quantitative estimate of drug-likeness (QED) is 0.601. The highest BCUT2D eigenvalue weighted by Crippen LogP contribution is 2.22. The summed E-state index contributed by atoms with van der Waals surface area (Å²) in [5, 5.41) is 9.73. The van der Waals surface area contributed by atoms with Gasteiger partial charge >= 0.3 is 6.03 Å². The fourth-order valence-corrected chi connectivity index (χ4v) is 3.60. The first-order valence-corrected chi connectivity index (χ1v) is 10.2. The predicted octanol–water partition coefficient (Wildman–Crippen LogP) is 3.86. The number of carbonyl (C=O) groups excluding carboxylic acids is 2. The Hall–Kier alpha value is -2.51. The fraction of sp³-hybridized carbons (Fsp3) is 0.350. The van der Waals surface area contributed by atoms with E-state index in [0.717, 1.165) is 18.5 Å². The maximum absolute atomic E-state index is 12.5. The standard InChI is InChI=1S/C20H23Cl2N5O2/c21-15-11-17(22)18(25-12-15)23-8-9-24-19(28)14-5-4-10-27(13-14)20(29)26-16-6-2-1-3-7-16/h1-3,6-7,11-12,14H,4-5,8-10,13H2,(H,23,25)(H,24,28)(H,26,29). The molecule has 1 fully saturated rings. The Balaban J connectivity index is 1.42. The van der Waals surface area contributed by atoms with Gasteiger partial charge in [0.2, 0.25) is 5.91 Å². The average Bonchev–Trinajstić information content (AvgIpc) is 2.73. The number of pyridine rings is 1. The molecule has 0 radical (unpaired) electrons. The number of anilines is 2. The van der Waals surface area contributed by atoms with Crippen molar-refractivity contribution in [2.24, 2.45) is 5.92 Å². The highest BCUT2D eigenvalue weighted by molar-refractivity contribution is 6.35. The van der Waals surface area contributed by atoms with Crippen molar-refractivity contribution in [1.29, 1.82) is 0 Å². The Bertz CT molecular complexity index is 850. The van der Waals surface area contributed by atoms with Crippen molar-refractivity contribution in [1.82, 2.24) is 15.2 Å². The number of amides is 3. The van der Waals surface area contributed by atoms with E-state index >= 15 is 0 Å². The maximum atomic E-state index is 12.5. The summed E-state index contributed by atoms with van der Waals surface area (Å²) in [5.41, 5.74) is 0.740. The molecular weight excluding hydrogens is 413 g/mol. The zero-order chi connectivity index (χ0) is 20.6. The summed E-state index contributed by atoms with van der Waals surface area (Å²) in [6.45, 7) is 1.95. The zero-order valence-corrected chi connectivity index (χ0v) is 17.3. The SMILES string of the molecule is O=C(NCCNc1ncc(Cl)cc1Cl)C1CCCN(C(=O)Nc2ccccc2)C1. The average molecular weight is 436 g/mol. The van der Waals surface area contributed by atoms with Gasteiger partial charge in [-0.15, -0.1) is 0 Å². The van der Waals surface area contributed by atoms with E-state index in [2.05, 4.69) is 20.9 Å². The van der Waals surface area contributed by atoms with E-state index in [1.165, 1.54) is 6.20 Å². The molecule has 154 valence electrons. The third-order valence-corrected chi connectivity index (χ3v) is 5.12. The summed E-state index contributed by atoms with van der Waals surface area (Å²) in [6, 6.07) is 10.7. The van der Waals surface area contributed by atoms with Crippen LogP contribution in [0.2, 0.25) is 10.0 Å². The molecule has 0 saturated carbocycles. The first-order chi connectivity index (χ1) is 14.0. The number of carbonyl (C=O) groups is 2. The summed E-state index contributed by atoms with van der Waals surface area (Å²) >= 11 is 11.9. The van der Waals surface area contributed by atoms with Crippen molar-refractivity contribution < 1.29 is 9.59 Å². The topological polar surface area (TPSA) is 86.4 Å². The summed E-state index contributed by atoms with van der Waals surface area (Å²) in [4.78, 5) is 30.7. The van der Waals surface area contributed by atoms with Gasteiger partial charge in [-0.2, -0.15) is 0 Å². The molecule has 1 aromatic carbocycles. The minimum Gasteiger partial charge on any atom is -0.367 e. The molecule has 3 N–H and O–H groups in total. The van der Waals surface area contributed by atoms with Crippen molar-refractivity contribution in [3.05, 3.63) is 52.6 Å². The van der Waals surface area contributed by atoms with Crippen LogP contribution in [0.1, 0.15) is 12.8 Å². The molecular formula is C20H23Cl2N5O2. The number of benzene rings is 1. The van der Waals surface area contributed by atoms with Crippen LogP contribution in [0.25, 0.3) is 0 Å². The van der Waals surface area contributed by atoms with Gasteiger partial charge in [-0.25, -0.2) is 9.78 Å². The number of piperidine rings is 1. The second kappa shape index (κ2) is 10.3. The number of nitrogens with one attached hydrogen (secondary N) is 3. The molecule has 2 heterocycles. The number of rotatable bonds is 6. The molecule has 3 rings (SSSR count). The molecule has 1 saturated heterocycles. The number of para-hydroxylation sites is 1. The van der Waals surface area contributed by atoms with Gasteiger partial charge in [0, 0.05) is 38.1 Å². The first-order valence-electron chi connectivity index (χ1n) is 9.46. The molecule has 0 spiro atoms. The third kappa shape index (κ3) is 6.24. The third-order valence-electron chi connectivity index (χ3n) is 4.63. The zero-order valence-electron chi connectivity index (χ0n) is 15.8. The Labute approximate surface area is 179 Å². The van der Waals surface area contributed by atoms with E-state index < -0.39 is 0 Å². The van der Waals surface area contributed by atoms with Crippen LogP contribution in [-0.4, -0.2) is 48.0 Å². The van der Waals surface area contributed by atoms with Crippen LogP contribution >= 0.6 is 23.2 Å². The van der Waals surface area contributed by atoms with Crippen LogP contribution in [0.5, 0.6) is 0 Å². The van der Waals surface area contributed by atoms with Gasteiger partial charge in [0.15, 0.2) is 0 Å². The molecule has 3 amide bonds. The minimum absolute atomic E-state index is 0.0563. The summed E-state index contributed by atoms with van der Waals surface area (Å²) in [5.74, 6) is 0.244. The lowest BCUT2D eigenvalue weighted by Crippen LogP contribution is -2.47. The number of nitrogens with zero attached hydrogens (tertiary/aromatic N) is 2. The van der Waals surface area contributed by atoms with Crippen molar-refractivity contribution in [2.75, 3.05) is 36.8 Å². The Morgan fingerprint density at radius 1 is 1.17 bits per heavy atom. The maximum Gasteiger partial charge on any atom is 0.321 e. The molecule has 1 unspecified atom stereocenters. The summed E-state index contributed by atoms with van der Waals surface area (Å²) in [6.07, 6.45) is 3.06. The van der Waals surface area contributed by atoms with E-state index in [9.17, 15) is 9.59 Å². The van der Waals surface area contributed by atoms with Gasteiger partial charge in [-0.3, -0.25) is 4.79 Å². The van der Waals surface area contributed by atoms with Gasteiger partial charge in [-0.1, -0.05) is 41.4 Å². The Kier molecular flexibility index (Phi) is 7.55. The van der Waals surface area contributed by atoms with E-state index in [4.69, 9.17) is 23.2 Å². The second-order valence-corrected chi connectivity index (χ2v) is 7.63. The second-order valence-electron chi connectivity index (χ2n) is 6.78. The fourth-order valence-electron chi connectivity index (χ4n) is 3.16. The van der Waals surface area contributed by atoms with Crippen molar-refractivity contribution >= 4 is 46.6 Å². The molecule has 1 aromatic heterocycles. The van der Waals surface area contributed by atoms with Crippen LogP contribution in [0, 0.1) is 5.92 Å². The van der Waals surface area contributed by atoms with E-state index in [-0.39, 0.29) is 17.9 Å². The van der Waals surface area contributed by atoms with Gasteiger partial charge in [-0.05, 0) is 31.0 Å². The van der Waals surface area contributed by atoms with Crippen LogP contribution in [0.15, 0.2) is 42.6 Å². The number of hydrogen-bond acceptors (Lipinski definition) is 4. The van der Waals surface area contributed by atoms with Gasteiger partial charge < -0.3 is 20.9 Å². The number of aromatic nitrogens is 1. The summed E-state index contributed by atoms with van der Waals surface area (Å²) in [7, 11) is 0. The van der Waals surface area contributed by atoms with Crippen LogP contribution < -0.4 is 16.0 Å². The molecule has 0 aliphatic carbocycles. The Morgan fingerprint density at radius 3 is 2.72 bits per heavy atom. The number of halogens is 2. The molecule has 2 aromatic rings. The van der Waals surface area contributed by atoms with Crippen LogP contribution in [0.3, 0.4) is 0 Å². The van der Waals surface area contributed by atoms with Crippen molar-refractivity contribution in [2.45, 2.75) is 12.8 Å². The largest absolute Gasteiger partial charge is 0.367 e. The van der Waals surface area contributed by atoms with Crippen LogP contribution in [-0.2, 0) is 4.79 Å². The van der Waals surface area contributed by atoms with Crippen molar-refractivity contribution in [3.63, 3.8) is 0 Å². The van der Waals surface area contributed by atoms with E-state index in [0.29, 0.717) is 42.0 Å². The smallest absolute Gasteiger partial charge is 0.321 e. The molecule has 1 atom stereocenters. The lowest BCUT2D eigenvalue weighted by Gasteiger charge is -2.32. The van der Waals surface area contributed by atoms with Gasteiger partial charge in [0.05, 0.1) is 16.0 Å². The van der Waals surface area contributed by atoms with Gasteiger partial charge in [0.1, 0.15) is 5.82 Å². The molecule has 1 aliphatic rings. The van der Waals surface area contributed by atoms with E-state index in [1.54, 1.807) is 11.0 Å². The lowest BCUT2D eigenvalue weighted by molar-refractivity contribution is -0.126. The van der Waals surface area contributed by atoms with E-state index in [1.807, 2.05) is 30.3 Å². The molecule has 0 bridgehead atoms. The molecule has 7 nitrogen and oxygen atoms in total. The first kappa shape index (κ1) is 21.2. The normalized spacial score (nSPS) is 16.2. The monoisotopic (exact) mass is 435 g/mol. The predicted molar refractivity (Wildman–Crippen MR) is 116 cm³/mol. The molecule has 9 heteroatoms. The highest BCUT2D eigenvalue weighted by atomic mass is 35.5. The van der Waals surface area contributed by atoms with Crippen LogP contribution in [0.4, 0.5) is 16.3 Å². The summed E-state index contributed by atoms with van der Waals surface area (Å²) < 4.78 is 0. The lowest BCUT2D eigenvalue weighted by atomic mass is 9.97.